The number of nitro benzene ring substituents is 1. The smallest absolute Gasteiger partial charge is 0.258 e. The van der Waals surface area contributed by atoms with E-state index in [1.54, 1.807) is 6.92 Å². The molecule has 100 valence electrons. The van der Waals surface area contributed by atoms with Gasteiger partial charge in [-0.3, -0.25) is 10.1 Å². The molecule has 0 spiro atoms. The Bertz CT molecular complexity index is 690. The van der Waals surface area contributed by atoms with E-state index in [0.717, 1.165) is 16.8 Å². The maximum atomic E-state index is 13.9. The lowest BCUT2D eigenvalue weighted by molar-refractivity contribution is -0.384. The summed E-state index contributed by atoms with van der Waals surface area (Å²) in [6, 6.07) is 1.85. The van der Waals surface area contributed by atoms with Crippen LogP contribution in [-0.2, 0) is 0 Å². The van der Waals surface area contributed by atoms with Crippen molar-refractivity contribution in [1.82, 2.24) is 9.78 Å². The van der Waals surface area contributed by atoms with Crippen molar-refractivity contribution in [3.05, 3.63) is 48.4 Å². The van der Waals surface area contributed by atoms with E-state index in [2.05, 4.69) is 21.0 Å². The van der Waals surface area contributed by atoms with Gasteiger partial charge < -0.3 is 0 Å². The van der Waals surface area contributed by atoms with Crippen molar-refractivity contribution < 1.29 is 9.31 Å². The highest BCUT2D eigenvalue weighted by Crippen LogP contribution is 2.33. The summed E-state index contributed by atoms with van der Waals surface area (Å²) in [5.41, 5.74) is -0.0321. The summed E-state index contributed by atoms with van der Waals surface area (Å²) in [4.78, 5) is 10.1. The summed E-state index contributed by atoms with van der Waals surface area (Å²) < 4.78 is 15.4. The van der Waals surface area contributed by atoms with Crippen LogP contribution in [0.5, 0.6) is 0 Å². The summed E-state index contributed by atoms with van der Waals surface area (Å²) in [6.45, 7) is 1.66. The van der Waals surface area contributed by atoms with Gasteiger partial charge >= 0.3 is 0 Å². The summed E-state index contributed by atoms with van der Waals surface area (Å²) in [5, 5.41) is 14.6. The molecule has 0 fully saturated rings. The van der Waals surface area contributed by atoms with Gasteiger partial charge in [0.25, 0.3) is 5.69 Å². The number of hydrogen-bond donors (Lipinski definition) is 0. The van der Waals surface area contributed by atoms with Crippen molar-refractivity contribution in [3.63, 3.8) is 0 Å². The number of aryl methyl sites for hydroxylation is 1. The molecule has 0 atom stereocenters. The number of benzene rings is 1. The molecule has 2 rings (SSSR count). The number of aromatic nitrogens is 2. The van der Waals surface area contributed by atoms with Crippen LogP contribution in [0.4, 0.5) is 10.1 Å². The molecule has 5 nitrogen and oxygen atoms in total. The zero-order valence-electron chi connectivity index (χ0n) is 9.32. The molecule has 0 amide bonds. The lowest BCUT2D eigenvalue weighted by Gasteiger charge is -2.05. The molecule has 1 aromatic heterocycles. The maximum absolute atomic E-state index is 13.9. The molecule has 0 bridgehead atoms. The highest BCUT2D eigenvalue weighted by Gasteiger charge is 2.21. The number of halogens is 4. The van der Waals surface area contributed by atoms with Crippen LogP contribution in [0.1, 0.15) is 5.69 Å². The molecule has 9 heteroatoms. The molecular weight excluding hydrogens is 364 g/mol. The van der Waals surface area contributed by atoms with Crippen molar-refractivity contribution >= 4 is 44.8 Å². The van der Waals surface area contributed by atoms with E-state index < -0.39 is 16.4 Å². The first kappa shape index (κ1) is 14.2. The third kappa shape index (κ3) is 2.45. The molecule has 1 aromatic carbocycles. The van der Waals surface area contributed by atoms with E-state index in [1.165, 1.54) is 0 Å². The molecule has 2 aromatic rings. The minimum atomic E-state index is -0.757. The van der Waals surface area contributed by atoms with Crippen LogP contribution < -0.4 is 0 Å². The Morgan fingerprint density at radius 3 is 2.58 bits per heavy atom. The Morgan fingerprint density at radius 2 is 2.11 bits per heavy atom. The molecule has 1 heterocycles. The zero-order chi connectivity index (χ0) is 14.3. The number of hydrogen-bond acceptors (Lipinski definition) is 3. The van der Waals surface area contributed by atoms with E-state index in [9.17, 15) is 14.5 Å². The van der Waals surface area contributed by atoms with E-state index >= 15 is 0 Å². The lowest BCUT2D eigenvalue weighted by Crippen LogP contribution is -2.02. The molecule has 0 N–H and O–H groups in total. The SMILES string of the molecule is Cc1nn(-c2cc([N+](=O)[O-])c(Cl)cc2F)c(Cl)c1Br. The summed E-state index contributed by atoms with van der Waals surface area (Å²) in [6.07, 6.45) is 0. The van der Waals surface area contributed by atoms with Gasteiger partial charge in [0.2, 0.25) is 0 Å². The fraction of sp³-hybridized carbons (Fsp3) is 0.100. The second-order valence-corrected chi connectivity index (χ2v) is 5.17. The van der Waals surface area contributed by atoms with Crippen LogP contribution in [0.3, 0.4) is 0 Å². The second-order valence-electron chi connectivity index (χ2n) is 3.61. The van der Waals surface area contributed by atoms with Gasteiger partial charge in [-0.15, -0.1) is 0 Å². The van der Waals surface area contributed by atoms with Crippen molar-refractivity contribution in [2.75, 3.05) is 0 Å². The number of nitrogens with zero attached hydrogens (tertiary/aromatic N) is 3. The van der Waals surface area contributed by atoms with E-state index in [-0.39, 0.29) is 15.9 Å². The summed E-state index contributed by atoms with van der Waals surface area (Å²) >= 11 is 14.8. The highest BCUT2D eigenvalue weighted by molar-refractivity contribution is 9.10. The van der Waals surface area contributed by atoms with E-state index in [1.807, 2.05) is 0 Å². The van der Waals surface area contributed by atoms with Crippen LogP contribution in [0.25, 0.3) is 5.69 Å². The Hall–Kier alpha value is -1.18. The van der Waals surface area contributed by atoms with Gasteiger partial charge in [0.15, 0.2) is 5.82 Å². The van der Waals surface area contributed by atoms with Crippen LogP contribution in [0.2, 0.25) is 10.2 Å². The van der Waals surface area contributed by atoms with Gasteiger partial charge in [0, 0.05) is 12.1 Å². The average molecular weight is 369 g/mol. The molecule has 0 unspecified atom stereocenters. The first-order valence-electron chi connectivity index (χ1n) is 4.87. The first-order chi connectivity index (χ1) is 8.82. The molecular formula is C10H5BrCl2FN3O2. The number of rotatable bonds is 2. The Kier molecular flexibility index (Phi) is 3.80. The van der Waals surface area contributed by atoms with Crippen LogP contribution in [0.15, 0.2) is 16.6 Å². The topological polar surface area (TPSA) is 61.0 Å². The van der Waals surface area contributed by atoms with Gasteiger partial charge in [-0.1, -0.05) is 23.2 Å². The fourth-order valence-corrected chi connectivity index (χ4v) is 2.20. The molecule has 0 aliphatic carbocycles. The normalized spacial score (nSPS) is 10.8. The third-order valence-corrected chi connectivity index (χ3v) is 4.21. The minimum Gasteiger partial charge on any atom is -0.258 e. The largest absolute Gasteiger partial charge is 0.290 e. The van der Waals surface area contributed by atoms with E-state index in [0.29, 0.717) is 10.2 Å². The first-order valence-corrected chi connectivity index (χ1v) is 6.42. The van der Waals surface area contributed by atoms with E-state index in [4.69, 9.17) is 23.2 Å². The lowest BCUT2D eigenvalue weighted by atomic mass is 10.2. The summed E-state index contributed by atoms with van der Waals surface area (Å²) in [7, 11) is 0. The number of nitro groups is 1. The van der Waals surface area contributed by atoms with Gasteiger partial charge in [-0.05, 0) is 22.9 Å². The van der Waals surface area contributed by atoms with Crippen LogP contribution in [0, 0.1) is 22.9 Å². The quantitative estimate of drug-likeness (QED) is 0.586. The second kappa shape index (κ2) is 5.07. The van der Waals surface area contributed by atoms with Crippen molar-refractivity contribution in [1.29, 1.82) is 0 Å². The predicted molar refractivity (Wildman–Crippen MR) is 72.6 cm³/mol. The van der Waals surface area contributed by atoms with Crippen molar-refractivity contribution in [2.45, 2.75) is 6.92 Å². The molecule has 0 saturated heterocycles. The minimum absolute atomic E-state index is 0.119. The monoisotopic (exact) mass is 367 g/mol. The maximum Gasteiger partial charge on any atom is 0.290 e. The Balaban J connectivity index is 2.71. The average Bonchev–Trinajstić information content (AvgIpc) is 2.57. The molecule has 0 saturated carbocycles. The molecule has 0 aliphatic heterocycles. The summed E-state index contributed by atoms with van der Waals surface area (Å²) in [5.74, 6) is -0.757. The third-order valence-electron chi connectivity index (χ3n) is 2.38. The fourth-order valence-electron chi connectivity index (χ4n) is 1.47. The Morgan fingerprint density at radius 1 is 1.47 bits per heavy atom. The molecule has 19 heavy (non-hydrogen) atoms. The van der Waals surface area contributed by atoms with Gasteiger partial charge in [-0.25, -0.2) is 9.07 Å². The van der Waals surface area contributed by atoms with Crippen LogP contribution in [-0.4, -0.2) is 14.7 Å². The highest BCUT2D eigenvalue weighted by atomic mass is 79.9. The van der Waals surface area contributed by atoms with Gasteiger partial charge in [0.1, 0.15) is 15.9 Å². The van der Waals surface area contributed by atoms with Crippen LogP contribution >= 0.6 is 39.1 Å². The predicted octanol–water partition coefficient (Wildman–Crippen LogP) is 4.30. The molecule has 0 aliphatic rings. The standard InChI is InChI=1S/C10H5BrCl2FN3O2/c1-4-9(11)10(13)16(15-4)8-3-7(17(18)19)5(12)2-6(8)14/h2-3H,1H3. The van der Waals surface area contributed by atoms with Gasteiger partial charge in [0.05, 0.1) is 15.1 Å². The van der Waals surface area contributed by atoms with Crippen molar-refractivity contribution in [3.8, 4) is 5.69 Å². The molecule has 0 radical (unpaired) electrons. The zero-order valence-corrected chi connectivity index (χ0v) is 12.4. The van der Waals surface area contributed by atoms with Gasteiger partial charge in [-0.2, -0.15) is 5.10 Å². The van der Waals surface area contributed by atoms with Crippen molar-refractivity contribution in [2.24, 2.45) is 0 Å². The Labute approximate surface area is 125 Å².